The first-order valence-electron chi connectivity index (χ1n) is 5.25. The Bertz CT molecular complexity index is 176. The van der Waals surface area contributed by atoms with E-state index in [0.29, 0.717) is 12.1 Å². The van der Waals surface area contributed by atoms with Gasteiger partial charge in [-0.15, -0.1) is 0 Å². The van der Waals surface area contributed by atoms with Gasteiger partial charge in [0.15, 0.2) is 0 Å². The molecule has 0 bridgehead atoms. The van der Waals surface area contributed by atoms with Crippen LogP contribution < -0.4 is 5.32 Å². The lowest BCUT2D eigenvalue weighted by atomic mass is 10.1. The van der Waals surface area contributed by atoms with Crippen molar-refractivity contribution in [1.82, 2.24) is 5.32 Å². The van der Waals surface area contributed by atoms with E-state index in [9.17, 15) is 0 Å². The molecular weight excluding hydrogens is 182 g/mol. The topological polar surface area (TPSA) is 21.3 Å². The zero-order valence-corrected chi connectivity index (χ0v) is 9.27. The number of rotatable bonds is 2. The minimum atomic E-state index is 0.418. The Kier molecular flexibility index (Phi) is 3.17. The normalized spacial score (nSPS) is 45.7. The lowest BCUT2D eigenvalue weighted by Crippen LogP contribution is -2.42. The molecule has 0 aromatic rings. The second kappa shape index (κ2) is 4.20. The van der Waals surface area contributed by atoms with E-state index >= 15 is 0 Å². The van der Waals surface area contributed by atoms with E-state index in [0.717, 1.165) is 17.9 Å². The van der Waals surface area contributed by atoms with Crippen LogP contribution in [0.3, 0.4) is 0 Å². The van der Waals surface area contributed by atoms with Crippen LogP contribution in [0.5, 0.6) is 0 Å². The Hall–Kier alpha value is 0.270. The number of hydrogen-bond donors (Lipinski definition) is 1. The van der Waals surface area contributed by atoms with Crippen LogP contribution in [0.2, 0.25) is 0 Å². The maximum Gasteiger partial charge on any atom is 0.0700 e. The quantitative estimate of drug-likeness (QED) is 0.734. The molecule has 0 aliphatic carbocycles. The summed E-state index contributed by atoms with van der Waals surface area (Å²) in [4.78, 5) is 0. The number of thioether (sulfide) groups is 1. The maximum atomic E-state index is 5.53. The van der Waals surface area contributed by atoms with Gasteiger partial charge in [0.1, 0.15) is 0 Å². The second-order valence-corrected chi connectivity index (χ2v) is 5.69. The highest BCUT2D eigenvalue weighted by molar-refractivity contribution is 8.00. The summed E-state index contributed by atoms with van der Waals surface area (Å²) >= 11 is 2.09. The zero-order chi connectivity index (χ0) is 9.26. The van der Waals surface area contributed by atoms with Gasteiger partial charge in [0.2, 0.25) is 0 Å². The van der Waals surface area contributed by atoms with Crippen LogP contribution in [-0.4, -0.2) is 35.8 Å². The number of ether oxygens (including phenoxy) is 1. The summed E-state index contributed by atoms with van der Waals surface area (Å²) in [6.07, 6.45) is 2.94. The molecule has 4 atom stereocenters. The molecule has 4 unspecified atom stereocenters. The van der Waals surface area contributed by atoms with E-state index in [1.807, 2.05) is 0 Å². The van der Waals surface area contributed by atoms with Gasteiger partial charge in [-0.2, -0.15) is 11.8 Å². The highest BCUT2D eigenvalue weighted by Crippen LogP contribution is 2.27. The van der Waals surface area contributed by atoms with Gasteiger partial charge in [0.25, 0.3) is 0 Å². The van der Waals surface area contributed by atoms with Gasteiger partial charge < -0.3 is 10.1 Å². The molecule has 3 heteroatoms. The highest BCUT2D eigenvalue weighted by atomic mass is 32.2. The van der Waals surface area contributed by atoms with Gasteiger partial charge >= 0.3 is 0 Å². The fourth-order valence-electron chi connectivity index (χ4n) is 2.19. The monoisotopic (exact) mass is 201 g/mol. The van der Waals surface area contributed by atoms with Crippen molar-refractivity contribution in [3.63, 3.8) is 0 Å². The Morgan fingerprint density at radius 3 is 2.77 bits per heavy atom. The molecule has 13 heavy (non-hydrogen) atoms. The van der Waals surface area contributed by atoms with Crippen molar-refractivity contribution < 1.29 is 4.74 Å². The Balaban J connectivity index is 1.77. The van der Waals surface area contributed by atoms with E-state index in [2.05, 4.69) is 30.9 Å². The molecule has 2 aliphatic rings. The highest BCUT2D eigenvalue weighted by Gasteiger charge is 2.29. The molecule has 0 spiro atoms. The standard InChI is InChI=1S/C10H19NOS/c1-7-5-9(6-13-7)11-10-3-4-12-8(10)2/h7-11H,3-6H2,1-2H3. The molecule has 0 saturated carbocycles. The summed E-state index contributed by atoms with van der Waals surface area (Å²) in [5.74, 6) is 1.28. The minimum Gasteiger partial charge on any atom is -0.377 e. The predicted molar refractivity (Wildman–Crippen MR) is 57.3 cm³/mol. The lowest BCUT2D eigenvalue weighted by molar-refractivity contribution is 0.111. The molecule has 2 saturated heterocycles. The molecule has 2 rings (SSSR count). The summed E-state index contributed by atoms with van der Waals surface area (Å²) in [6.45, 7) is 5.44. The largest absolute Gasteiger partial charge is 0.377 e. The van der Waals surface area contributed by atoms with Gasteiger partial charge in [-0.3, -0.25) is 0 Å². The Labute approximate surface area is 84.8 Å². The smallest absolute Gasteiger partial charge is 0.0700 e. The van der Waals surface area contributed by atoms with Crippen molar-refractivity contribution in [2.45, 2.75) is 50.1 Å². The van der Waals surface area contributed by atoms with Gasteiger partial charge in [0, 0.05) is 29.7 Å². The molecule has 0 radical (unpaired) electrons. The summed E-state index contributed by atoms with van der Waals surface area (Å²) in [5.41, 5.74) is 0. The minimum absolute atomic E-state index is 0.418. The third-order valence-electron chi connectivity index (χ3n) is 3.02. The van der Waals surface area contributed by atoms with Crippen LogP contribution in [0.25, 0.3) is 0 Å². The van der Waals surface area contributed by atoms with Crippen molar-refractivity contribution in [2.24, 2.45) is 0 Å². The first kappa shape index (κ1) is 9.81. The predicted octanol–water partition coefficient (Wildman–Crippen LogP) is 1.65. The van der Waals surface area contributed by atoms with E-state index in [1.165, 1.54) is 18.6 Å². The van der Waals surface area contributed by atoms with E-state index in [4.69, 9.17) is 4.74 Å². The Morgan fingerprint density at radius 2 is 2.23 bits per heavy atom. The van der Waals surface area contributed by atoms with Crippen LogP contribution in [-0.2, 0) is 4.74 Å². The van der Waals surface area contributed by atoms with Crippen LogP contribution in [0.4, 0.5) is 0 Å². The zero-order valence-electron chi connectivity index (χ0n) is 8.45. The molecule has 1 N–H and O–H groups in total. The number of hydrogen-bond acceptors (Lipinski definition) is 3. The average molecular weight is 201 g/mol. The van der Waals surface area contributed by atoms with Crippen LogP contribution in [0.15, 0.2) is 0 Å². The molecular formula is C10H19NOS. The number of nitrogens with one attached hydrogen (secondary N) is 1. The fraction of sp³-hybridized carbons (Fsp3) is 1.00. The summed E-state index contributed by atoms with van der Waals surface area (Å²) in [7, 11) is 0. The molecule has 2 heterocycles. The molecule has 0 aromatic carbocycles. The lowest BCUT2D eigenvalue weighted by Gasteiger charge is -2.20. The Morgan fingerprint density at radius 1 is 1.38 bits per heavy atom. The van der Waals surface area contributed by atoms with E-state index in [-0.39, 0.29) is 0 Å². The molecule has 2 aliphatic heterocycles. The van der Waals surface area contributed by atoms with Crippen molar-refractivity contribution in [2.75, 3.05) is 12.4 Å². The first-order chi connectivity index (χ1) is 6.25. The van der Waals surface area contributed by atoms with E-state index < -0.39 is 0 Å². The van der Waals surface area contributed by atoms with Crippen LogP contribution >= 0.6 is 11.8 Å². The molecule has 2 nitrogen and oxygen atoms in total. The average Bonchev–Trinajstić information content (AvgIpc) is 2.64. The first-order valence-corrected chi connectivity index (χ1v) is 6.30. The van der Waals surface area contributed by atoms with Gasteiger partial charge in [-0.1, -0.05) is 6.92 Å². The van der Waals surface area contributed by atoms with Crippen molar-refractivity contribution in [3.8, 4) is 0 Å². The molecule has 0 amide bonds. The van der Waals surface area contributed by atoms with E-state index in [1.54, 1.807) is 0 Å². The van der Waals surface area contributed by atoms with Crippen molar-refractivity contribution in [1.29, 1.82) is 0 Å². The molecule has 76 valence electrons. The second-order valence-electron chi connectivity index (χ2n) is 4.21. The maximum absolute atomic E-state index is 5.53. The van der Waals surface area contributed by atoms with Crippen LogP contribution in [0.1, 0.15) is 26.7 Å². The van der Waals surface area contributed by atoms with Gasteiger partial charge in [-0.25, -0.2) is 0 Å². The fourth-order valence-corrected chi connectivity index (χ4v) is 3.35. The third-order valence-corrected chi connectivity index (χ3v) is 4.38. The molecule has 2 fully saturated rings. The summed E-state index contributed by atoms with van der Waals surface area (Å²) < 4.78 is 5.53. The van der Waals surface area contributed by atoms with Gasteiger partial charge in [0.05, 0.1) is 6.10 Å². The van der Waals surface area contributed by atoms with Crippen molar-refractivity contribution >= 4 is 11.8 Å². The van der Waals surface area contributed by atoms with Gasteiger partial charge in [-0.05, 0) is 19.8 Å². The van der Waals surface area contributed by atoms with Crippen LogP contribution in [0, 0.1) is 0 Å². The third kappa shape index (κ3) is 2.39. The van der Waals surface area contributed by atoms with Crippen molar-refractivity contribution in [3.05, 3.63) is 0 Å². The summed E-state index contributed by atoms with van der Waals surface area (Å²) in [5, 5.41) is 4.55. The molecule has 0 aromatic heterocycles. The SMILES string of the molecule is CC1CC(NC2CCOC2C)CS1. The summed E-state index contributed by atoms with van der Waals surface area (Å²) in [6, 6.07) is 1.34.